The SMILES string of the molecule is CCC(C)CCCCCCCCCCCCCCCCCCCCC(=O)O[C@H](COC(=O)CCCCCCCCC(C)C)COP(=O)(O)OC[C@H](O)COP(=O)(O)OC[C@@H](COC(=O)CCCCCCCCCCC(C)CC)OC(=O)CCCCCCCCCCCCCCCCCC(C)C. The molecule has 101 heavy (non-hydrogen) atoms. The highest BCUT2D eigenvalue weighted by Gasteiger charge is 2.30. The molecule has 0 aliphatic carbocycles. The van der Waals surface area contributed by atoms with Crippen molar-refractivity contribution in [3.63, 3.8) is 0 Å². The molecule has 0 amide bonds. The summed E-state index contributed by atoms with van der Waals surface area (Å²) in [5.41, 5.74) is 0. The third-order valence-corrected chi connectivity index (χ3v) is 21.7. The van der Waals surface area contributed by atoms with Crippen molar-refractivity contribution in [2.75, 3.05) is 39.6 Å². The van der Waals surface area contributed by atoms with Crippen LogP contribution in [0.5, 0.6) is 0 Å². The van der Waals surface area contributed by atoms with E-state index in [0.717, 1.165) is 114 Å². The van der Waals surface area contributed by atoms with Crippen LogP contribution in [0.4, 0.5) is 0 Å². The maximum absolute atomic E-state index is 13.1. The predicted molar refractivity (Wildman–Crippen MR) is 414 cm³/mol. The van der Waals surface area contributed by atoms with Gasteiger partial charge < -0.3 is 33.8 Å². The van der Waals surface area contributed by atoms with E-state index >= 15 is 0 Å². The first kappa shape index (κ1) is 99.1. The minimum absolute atomic E-state index is 0.107. The monoisotopic (exact) mass is 1480 g/mol. The Morgan fingerprint density at radius 3 is 0.703 bits per heavy atom. The molecular weight excluding hydrogens is 1320 g/mol. The fourth-order valence-electron chi connectivity index (χ4n) is 12.5. The lowest BCUT2D eigenvalue weighted by Crippen LogP contribution is -2.30. The molecule has 0 rings (SSSR count). The van der Waals surface area contributed by atoms with E-state index in [9.17, 15) is 43.2 Å². The zero-order chi connectivity index (χ0) is 74.6. The van der Waals surface area contributed by atoms with Gasteiger partial charge in [0, 0.05) is 25.7 Å². The van der Waals surface area contributed by atoms with E-state index in [2.05, 4.69) is 55.4 Å². The van der Waals surface area contributed by atoms with Crippen LogP contribution in [0.2, 0.25) is 0 Å². The van der Waals surface area contributed by atoms with E-state index in [0.29, 0.717) is 31.6 Å². The number of unbranched alkanes of at least 4 members (excludes halogenated alkanes) is 43. The van der Waals surface area contributed by atoms with Crippen molar-refractivity contribution in [2.45, 2.75) is 440 Å². The minimum Gasteiger partial charge on any atom is -0.462 e. The molecule has 17 nitrogen and oxygen atoms in total. The third kappa shape index (κ3) is 73.4. The minimum atomic E-state index is -4.96. The lowest BCUT2D eigenvalue weighted by molar-refractivity contribution is -0.161. The van der Waals surface area contributed by atoms with Gasteiger partial charge in [-0.3, -0.25) is 37.3 Å². The predicted octanol–water partition coefficient (Wildman–Crippen LogP) is 24.4. The average Bonchev–Trinajstić information content (AvgIpc) is 0.949. The van der Waals surface area contributed by atoms with Crippen molar-refractivity contribution < 1.29 is 80.2 Å². The largest absolute Gasteiger partial charge is 0.472 e. The van der Waals surface area contributed by atoms with E-state index in [-0.39, 0.29) is 25.7 Å². The summed E-state index contributed by atoms with van der Waals surface area (Å²) in [7, 11) is -9.92. The second kappa shape index (κ2) is 71.0. The number of phosphoric ester groups is 2. The number of hydrogen-bond donors (Lipinski definition) is 3. The van der Waals surface area contributed by atoms with Crippen molar-refractivity contribution in [1.82, 2.24) is 0 Å². The van der Waals surface area contributed by atoms with Crippen LogP contribution in [0.15, 0.2) is 0 Å². The lowest BCUT2D eigenvalue weighted by Gasteiger charge is -2.21. The van der Waals surface area contributed by atoms with Crippen LogP contribution in [0.25, 0.3) is 0 Å². The van der Waals surface area contributed by atoms with Crippen LogP contribution < -0.4 is 0 Å². The molecule has 19 heteroatoms. The van der Waals surface area contributed by atoms with Crippen LogP contribution in [0.1, 0.15) is 421 Å². The molecule has 0 aliphatic rings. The second-order valence-electron chi connectivity index (χ2n) is 31.0. The highest BCUT2D eigenvalue weighted by atomic mass is 31.2. The number of hydrogen-bond acceptors (Lipinski definition) is 15. The van der Waals surface area contributed by atoms with Gasteiger partial charge in [0.1, 0.15) is 19.3 Å². The normalized spacial score (nSPS) is 14.5. The van der Waals surface area contributed by atoms with Crippen LogP contribution in [-0.4, -0.2) is 96.7 Å². The van der Waals surface area contributed by atoms with Crippen LogP contribution in [-0.2, 0) is 65.4 Å². The standard InChI is InChI=1S/C82H160O17P2/c1-9-74(7)60-52-44-35-29-25-21-17-13-11-12-14-18-22-26-30-38-48-56-65-82(87)99-78(69-93-80(85)63-55-47-41-40-43-51-59-73(5)6)71-97-101(90,91)95-67-76(83)66-94-100(88,89)96-70-77(68-92-79(84)62-54-46-37-33-32-36-45-53-61-75(8)10-2)98-81(86)64-57-49-39-31-27-23-19-15-16-20-24-28-34-42-50-58-72(3)4/h72-78,83H,9-71H2,1-8H3,(H,88,89)(H,90,91)/t74?,75?,76-,77-,78-/m1/s1. The average molecular weight is 1480 g/mol. The molecule has 0 fully saturated rings. The Morgan fingerprint density at radius 2 is 0.475 bits per heavy atom. The number of carbonyl (C=O) groups excluding carboxylic acids is 4. The molecule has 0 aliphatic heterocycles. The van der Waals surface area contributed by atoms with Crippen LogP contribution >= 0.6 is 15.6 Å². The number of aliphatic hydroxyl groups excluding tert-OH is 1. The van der Waals surface area contributed by atoms with Crippen LogP contribution in [0.3, 0.4) is 0 Å². The number of carbonyl (C=O) groups is 4. The van der Waals surface area contributed by atoms with Gasteiger partial charge in [0.2, 0.25) is 0 Å². The molecule has 600 valence electrons. The van der Waals surface area contributed by atoms with E-state index in [1.165, 1.54) is 218 Å². The number of esters is 4. The summed E-state index contributed by atoms with van der Waals surface area (Å²) >= 11 is 0. The Bertz CT molecular complexity index is 1980. The Hall–Kier alpha value is -1.94. The summed E-state index contributed by atoms with van der Waals surface area (Å²) in [4.78, 5) is 73.0. The topological polar surface area (TPSA) is 237 Å². The number of aliphatic hydroxyl groups is 1. The van der Waals surface area contributed by atoms with Gasteiger partial charge in [-0.1, -0.05) is 370 Å². The smallest absolute Gasteiger partial charge is 0.462 e. The van der Waals surface area contributed by atoms with E-state index in [1.807, 2.05) is 0 Å². The third-order valence-electron chi connectivity index (χ3n) is 19.8. The number of ether oxygens (including phenoxy) is 4. The van der Waals surface area contributed by atoms with Crippen LogP contribution in [0, 0.1) is 23.7 Å². The molecular formula is C82H160O17P2. The quantitative estimate of drug-likeness (QED) is 0.0222. The summed E-state index contributed by atoms with van der Waals surface area (Å²) in [6.45, 7) is 14.3. The Balaban J connectivity index is 5.17. The highest BCUT2D eigenvalue weighted by Crippen LogP contribution is 2.45. The summed E-state index contributed by atoms with van der Waals surface area (Å²) in [6.07, 6.45) is 58.5. The number of phosphoric acid groups is 2. The van der Waals surface area contributed by atoms with Gasteiger partial charge >= 0.3 is 39.5 Å². The molecule has 7 atom stereocenters. The molecule has 0 aromatic heterocycles. The summed E-state index contributed by atoms with van der Waals surface area (Å²) in [6, 6.07) is 0. The molecule has 4 unspecified atom stereocenters. The van der Waals surface area contributed by atoms with Gasteiger partial charge in [-0.05, 0) is 49.4 Å². The maximum Gasteiger partial charge on any atom is 0.472 e. The fourth-order valence-corrected chi connectivity index (χ4v) is 14.1. The molecule has 0 heterocycles. The lowest BCUT2D eigenvalue weighted by atomic mass is 9.99. The molecule has 3 N–H and O–H groups in total. The maximum atomic E-state index is 13.1. The first-order valence-corrected chi connectivity index (χ1v) is 45.3. The molecule has 0 saturated carbocycles. The van der Waals surface area contributed by atoms with Crippen molar-refractivity contribution >= 4 is 39.5 Å². The Morgan fingerprint density at radius 1 is 0.277 bits per heavy atom. The van der Waals surface area contributed by atoms with Gasteiger partial charge in [-0.15, -0.1) is 0 Å². The Labute approximate surface area is 619 Å². The summed E-state index contributed by atoms with van der Waals surface area (Å²) < 4.78 is 68.7. The van der Waals surface area contributed by atoms with Crippen molar-refractivity contribution in [1.29, 1.82) is 0 Å². The summed E-state index contributed by atoms with van der Waals surface area (Å²) in [5, 5.41) is 10.6. The molecule has 0 saturated heterocycles. The van der Waals surface area contributed by atoms with E-state index in [1.54, 1.807) is 0 Å². The number of rotatable bonds is 79. The van der Waals surface area contributed by atoms with Gasteiger partial charge in [0.15, 0.2) is 12.2 Å². The Kier molecular flexibility index (Phi) is 69.6. The molecule has 0 radical (unpaired) electrons. The molecule has 0 bridgehead atoms. The zero-order valence-corrected chi connectivity index (χ0v) is 68.3. The van der Waals surface area contributed by atoms with Crippen molar-refractivity contribution in [2.24, 2.45) is 23.7 Å². The van der Waals surface area contributed by atoms with Crippen molar-refractivity contribution in [3.8, 4) is 0 Å². The van der Waals surface area contributed by atoms with Gasteiger partial charge in [-0.25, -0.2) is 9.13 Å². The first-order valence-electron chi connectivity index (χ1n) is 42.3. The van der Waals surface area contributed by atoms with Gasteiger partial charge in [-0.2, -0.15) is 0 Å². The highest BCUT2D eigenvalue weighted by molar-refractivity contribution is 7.47. The molecule has 0 aromatic rings. The fraction of sp³-hybridized carbons (Fsp3) is 0.951. The second-order valence-corrected chi connectivity index (χ2v) is 33.9. The zero-order valence-electron chi connectivity index (χ0n) is 66.5. The van der Waals surface area contributed by atoms with Gasteiger partial charge in [0.05, 0.1) is 26.4 Å². The summed E-state index contributed by atoms with van der Waals surface area (Å²) in [5.74, 6) is 1.01. The van der Waals surface area contributed by atoms with E-state index in [4.69, 9.17) is 37.0 Å². The van der Waals surface area contributed by atoms with E-state index < -0.39 is 97.5 Å². The van der Waals surface area contributed by atoms with Gasteiger partial charge in [0.25, 0.3) is 0 Å². The first-order chi connectivity index (χ1) is 48.7. The molecule has 0 aromatic carbocycles. The molecule has 0 spiro atoms. The van der Waals surface area contributed by atoms with Crippen molar-refractivity contribution in [3.05, 3.63) is 0 Å².